The molecule has 0 aliphatic rings. The SMILES string of the molecule is O=C(N[C@@H](Nc1ccc(O)c(O)c1)C(=O)NCCc1ccc(O)c(O)c1)c1ccc(O)c(O)c1. The second-order valence-electron chi connectivity index (χ2n) is 7.32. The number of amides is 2. The van der Waals surface area contributed by atoms with Crippen molar-refractivity contribution in [2.45, 2.75) is 12.6 Å². The van der Waals surface area contributed by atoms with Crippen LogP contribution in [0.3, 0.4) is 0 Å². The van der Waals surface area contributed by atoms with Gasteiger partial charge in [0.1, 0.15) is 0 Å². The number of hydrogen-bond acceptors (Lipinski definition) is 9. The van der Waals surface area contributed by atoms with Crippen molar-refractivity contribution in [3.8, 4) is 34.5 Å². The molecule has 11 nitrogen and oxygen atoms in total. The number of carbonyl (C=O) groups excluding carboxylic acids is 2. The van der Waals surface area contributed by atoms with Crippen LogP contribution in [0.5, 0.6) is 34.5 Å². The normalized spacial score (nSPS) is 11.4. The van der Waals surface area contributed by atoms with Gasteiger partial charge in [-0.1, -0.05) is 6.07 Å². The highest BCUT2D eigenvalue weighted by atomic mass is 16.3. The molecule has 3 rings (SSSR count). The van der Waals surface area contributed by atoms with Gasteiger partial charge in [-0.2, -0.15) is 0 Å². The van der Waals surface area contributed by atoms with E-state index in [1.807, 2.05) is 0 Å². The van der Waals surface area contributed by atoms with Crippen LogP contribution in [0.25, 0.3) is 0 Å². The minimum atomic E-state index is -1.33. The predicted molar refractivity (Wildman–Crippen MR) is 121 cm³/mol. The van der Waals surface area contributed by atoms with Gasteiger partial charge in [-0.15, -0.1) is 0 Å². The molecule has 0 bridgehead atoms. The van der Waals surface area contributed by atoms with E-state index in [4.69, 9.17) is 0 Å². The molecule has 0 saturated carbocycles. The van der Waals surface area contributed by atoms with Gasteiger partial charge >= 0.3 is 0 Å². The molecule has 0 fully saturated rings. The summed E-state index contributed by atoms with van der Waals surface area (Å²) in [6, 6.07) is 11.4. The van der Waals surface area contributed by atoms with E-state index in [1.54, 1.807) is 6.07 Å². The summed E-state index contributed by atoms with van der Waals surface area (Å²) < 4.78 is 0. The first-order chi connectivity index (χ1) is 16.1. The Hall–Kier alpha value is -4.80. The van der Waals surface area contributed by atoms with Crippen molar-refractivity contribution in [1.82, 2.24) is 10.6 Å². The number of anilines is 1. The van der Waals surface area contributed by atoms with Crippen molar-refractivity contribution in [2.75, 3.05) is 11.9 Å². The first-order valence-corrected chi connectivity index (χ1v) is 10.0. The van der Waals surface area contributed by atoms with Crippen LogP contribution in [0.2, 0.25) is 0 Å². The van der Waals surface area contributed by atoms with Crippen LogP contribution in [0.4, 0.5) is 5.69 Å². The summed E-state index contributed by atoms with van der Waals surface area (Å²) in [4.78, 5) is 25.5. The number of aromatic hydroxyl groups is 6. The monoisotopic (exact) mass is 469 g/mol. The highest BCUT2D eigenvalue weighted by Crippen LogP contribution is 2.28. The summed E-state index contributed by atoms with van der Waals surface area (Å²) in [7, 11) is 0. The maximum atomic E-state index is 12.8. The Morgan fingerprint density at radius 2 is 1.29 bits per heavy atom. The van der Waals surface area contributed by atoms with Gasteiger partial charge in [0, 0.05) is 23.9 Å². The van der Waals surface area contributed by atoms with E-state index in [0.29, 0.717) is 12.0 Å². The number of phenolic OH excluding ortho intramolecular Hbond substituents is 6. The molecule has 0 heterocycles. The number of rotatable bonds is 8. The summed E-state index contributed by atoms with van der Waals surface area (Å²) in [6.45, 7) is 0.123. The lowest BCUT2D eigenvalue weighted by Crippen LogP contribution is -2.51. The van der Waals surface area contributed by atoms with Crippen LogP contribution in [-0.4, -0.2) is 55.2 Å². The number of benzene rings is 3. The predicted octanol–water partition coefficient (Wildman–Crippen LogP) is 1.45. The molecule has 3 aromatic carbocycles. The average Bonchev–Trinajstić information content (AvgIpc) is 2.79. The third-order valence-corrected chi connectivity index (χ3v) is 4.81. The first kappa shape index (κ1) is 23.9. The van der Waals surface area contributed by atoms with Gasteiger partial charge in [0.05, 0.1) is 0 Å². The largest absolute Gasteiger partial charge is 0.504 e. The molecule has 0 unspecified atom stereocenters. The Kier molecular flexibility index (Phi) is 7.16. The maximum Gasteiger partial charge on any atom is 0.263 e. The second kappa shape index (κ2) is 10.2. The van der Waals surface area contributed by atoms with Gasteiger partial charge in [0.2, 0.25) is 0 Å². The number of nitrogens with one attached hydrogen (secondary N) is 3. The van der Waals surface area contributed by atoms with Crippen molar-refractivity contribution in [3.05, 3.63) is 65.7 Å². The molecule has 3 aromatic rings. The molecule has 0 aliphatic carbocycles. The highest BCUT2D eigenvalue weighted by molar-refractivity contribution is 5.98. The standard InChI is InChI=1S/C23H23N3O8/c27-15-4-1-12(9-18(15)30)7-8-24-23(34)21(25-14-3-6-17(29)20(32)11-14)26-22(33)13-2-5-16(28)19(31)10-13/h1-6,9-11,21,25,27-32H,7-8H2,(H,24,34)(H,26,33)/t21-/m1/s1. The van der Waals surface area contributed by atoms with E-state index in [2.05, 4.69) is 16.0 Å². The molecule has 178 valence electrons. The molecule has 0 spiro atoms. The van der Waals surface area contributed by atoms with E-state index < -0.39 is 35.2 Å². The summed E-state index contributed by atoms with van der Waals surface area (Å²) >= 11 is 0. The Labute approximate surface area is 193 Å². The first-order valence-electron chi connectivity index (χ1n) is 10.0. The maximum absolute atomic E-state index is 12.8. The zero-order chi connectivity index (χ0) is 24.8. The third-order valence-electron chi connectivity index (χ3n) is 4.81. The molecule has 0 saturated heterocycles. The van der Waals surface area contributed by atoms with E-state index >= 15 is 0 Å². The molecule has 9 N–H and O–H groups in total. The van der Waals surface area contributed by atoms with Crippen molar-refractivity contribution in [1.29, 1.82) is 0 Å². The topological polar surface area (TPSA) is 192 Å². The number of carbonyl (C=O) groups is 2. The molecule has 2 amide bonds. The fourth-order valence-electron chi connectivity index (χ4n) is 2.98. The Balaban J connectivity index is 1.73. The van der Waals surface area contributed by atoms with Gasteiger partial charge < -0.3 is 46.6 Å². The van der Waals surface area contributed by atoms with Crippen LogP contribution >= 0.6 is 0 Å². The quantitative estimate of drug-likeness (QED) is 0.133. The number of hydrogen-bond donors (Lipinski definition) is 9. The van der Waals surface area contributed by atoms with Crippen LogP contribution in [0.15, 0.2) is 54.6 Å². The third kappa shape index (κ3) is 5.91. The van der Waals surface area contributed by atoms with Crippen molar-refractivity contribution in [2.24, 2.45) is 0 Å². The zero-order valence-corrected chi connectivity index (χ0v) is 17.7. The summed E-state index contributed by atoms with van der Waals surface area (Å²) in [6.07, 6.45) is -1.02. The molecule has 11 heteroatoms. The van der Waals surface area contributed by atoms with E-state index in [9.17, 15) is 40.2 Å². The van der Waals surface area contributed by atoms with Crippen LogP contribution in [0, 0.1) is 0 Å². The zero-order valence-electron chi connectivity index (χ0n) is 17.7. The molecular formula is C23H23N3O8. The van der Waals surface area contributed by atoms with E-state index in [-0.39, 0.29) is 35.0 Å². The lowest BCUT2D eigenvalue weighted by molar-refractivity contribution is -0.122. The van der Waals surface area contributed by atoms with Gasteiger partial charge in [0.25, 0.3) is 11.8 Å². The van der Waals surface area contributed by atoms with E-state index in [1.165, 1.54) is 30.3 Å². The smallest absolute Gasteiger partial charge is 0.263 e. The second-order valence-corrected chi connectivity index (χ2v) is 7.32. The highest BCUT2D eigenvalue weighted by Gasteiger charge is 2.22. The molecule has 34 heavy (non-hydrogen) atoms. The summed E-state index contributed by atoms with van der Waals surface area (Å²) in [5.74, 6) is -3.68. The lowest BCUT2D eigenvalue weighted by atomic mass is 10.1. The summed E-state index contributed by atoms with van der Waals surface area (Å²) in [5, 5.41) is 65.0. The van der Waals surface area contributed by atoms with Gasteiger partial charge in [0.15, 0.2) is 40.7 Å². The molecule has 1 atom stereocenters. The Morgan fingerprint density at radius 3 is 1.91 bits per heavy atom. The summed E-state index contributed by atoms with van der Waals surface area (Å²) in [5.41, 5.74) is 0.836. The fourth-order valence-corrected chi connectivity index (χ4v) is 2.98. The fraction of sp³-hybridized carbons (Fsp3) is 0.130. The van der Waals surface area contributed by atoms with Gasteiger partial charge in [-0.3, -0.25) is 9.59 Å². The average molecular weight is 469 g/mol. The number of phenols is 6. The van der Waals surface area contributed by atoms with Gasteiger partial charge in [-0.05, 0) is 54.4 Å². The minimum absolute atomic E-state index is 0.0250. The van der Waals surface area contributed by atoms with Crippen LogP contribution in [0.1, 0.15) is 15.9 Å². The van der Waals surface area contributed by atoms with Crippen LogP contribution in [-0.2, 0) is 11.2 Å². The Bertz CT molecular complexity index is 1210. The molecule has 0 aliphatic heterocycles. The van der Waals surface area contributed by atoms with Crippen molar-refractivity contribution >= 4 is 17.5 Å². The van der Waals surface area contributed by atoms with Crippen molar-refractivity contribution in [3.63, 3.8) is 0 Å². The van der Waals surface area contributed by atoms with Crippen molar-refractivity contribution < 1.29 is 40.2 Å². The lowest BCUT2D eigenvalue weighted by Gasteiger charge is -2.21. The molecular weight excluding hydrogens is 446 g/mol. The van der Waals surface area contributed by atoms with Crippen LogP contribution < -0.4 is 16.0 Å². The molecule has 0 aromatic heterocycles. The van der Waals surface area contributed by atoms with E-state index in [0.717, 1.165) is 18.2 Å². The minimum Gasteiger partial charge on any atom is -0.504 e. The molecule has 0 radical (unpaired) electrons. The van der Waals surface area contributed by atoms with Gasteiger partial charge in [-0.25, -0.2) is 0 Å². The Morgan fingerprint density at radius 1 is 0.706 bits per heavy atom.